The smallest absolute Gasteiger partial charge is 0.348 e. The molecular formula is C24H24N2O5S2. The van der Waals surface area contributed by atoms with E-state index in [9.17, 15) is 14.4 Å². The molecule has 4 rings (SSSR count). The molecule has 33 heavy (non-hydrogen) atoms. The van der Waals surface area contributed by atoms with Crippen LogP contribution < -0.4 is 10.2 Å². The van der Waals surface area contributed by atoms with E-state index in [1.807, 2.05) is 36.4 Å². The highest BCUT2D eigenvalue weighted by Gasteiger charge is 2.23. The minimum atomic E-state index is -0.514. The molecule has 9 heteroatoms. The van der Waals surface area contributed by atoms with Gasteiger partial charge in [-0.2, -0.15) is 0 Å². The summed E-state index contributed by atoms with van der Waals surface area (Å²) in [6.45, 7) is 4.28. The first-order valence-corrected chi connectivity index (χ1v) is 12.2. The number of thiophene rings is 2. The number of nitrogens with one attached hydrogen (secondary N) is 1. The SMILES string of the molecule is CC(=O)NCc1ccc(C(=O)COC(=O)c2cc(-c3ccccc3)c(N3CCOCC3)s2)s1. The number of hydrogen-bond donors (Lipinski definition) is 1. The lowest BCUT2D eigenvalue weighted by Crippen LogP contribution is -2.35. The highest BCUT2D eigenvalue weighted by Crippen LogP contribution is 2.39. The van der Waals surface area contributed by atoms with Crippen LogP contribution in [0.25, 0.3) is 11.1 Å². The molecule has 1 amide bonds. The van der Waals surface area contributed by atoms with Gasteiger partial charge in [-0.25, -0.2) is 4.79 Å². The van der Waals surface area contributed by atoms with E-state index in [-0.39, 0.29) is 18.3 Å². The minimum absolute atomic E-state index is 0.132. The molecule has 0 aliphatic carbocycles. The highest BCUT2D eigenvalue weighted by atomic mass is 32.1. The average Bonchev–Trinajstić information content (AvgIpc) is 3.50. The Kier molecular flexibility index (Phi) is 7.54. The topological polar surface area (TPSA) is 84.9 Å². The van der Waals surface area contributed by atoms with Crippen molar-refractivity contribution in [3.8, 4) is 11.1 Å². The molecule has 0 unspecified atom stereocenters. The molecule has 0 radical (unpaired) electrons. The van der Waals surface area contributed by atoms with Crippen LogP contribution in [-0.2, 0) is 20.8 Å². The van der Waals surface area contributed by atoms with Gasteiger partial charge in [0.25, 0.3) is 0 Å². The van der Waals surface area contributed by atoms with Gasteiger partial charge in [0, 0.05) is 30.5 Å². The van der Waals surface area contributed by atoms with Gasteiger partial charge in [0.05, 0.1) is 29.6 Å². The minimum Gasteiger partial charge on any atom is -0.453 e. The number of anilines is 1. The predicted molar refractivity (Wildman–Crippen MR) is 129 cm³/mol. The van der Waals surface area contributed by atoms with Gasteiger partial charge in [-0.3, -0.25) is 9.59 Å². The second-order valence-electron chi connectivity index (χ2n) is 7.47. The molecule has 1 aliphatic rings. The van der Waals surface area contributed by atoms with Crippen molar-refractivity contribution >= 4 is 45.3 Å². The fourth-order valence-corrected chi connectivity index (χ4v) is 5.41. The van der Waals surface area contributed by atoms with Crippen LogP contribution in [0.2, 0.25) is 0 Å². The molecule has 1 saturated heterocycles. The molecule has 1 aliphatic heterocycles. The van der Waals surface area contributed by atoms with Crippen molar-refractivity contribution in [3.63, 3.8) is 0 Å². The second-order valence-corrected chi connectivity index (χ2v) is 9.67. The maximum Gasteiger partial charge on any atom is 0.348 e. The van der Waals surface area contributed by atoms with Crippen molar-refractivity contribution in [2.24, 2.45) is 0 Å². The number of hydrogen-bond acceptors (Lipinski definition) is 8. The third-order valence-electron chi connectivity index (χ3n) is 5.08. The van der Waals surface area contributed by atoms with E-state index < -0.39 is 5.97 Å². The van der Waals surface area contributed by atoms with Gasteiger partial charge in [0.1, 0.15) is 4.88 Å². The van der Waals surface area contributed by atoms with E-state index in [2.05, 4.69) is 10.2 Å². The van der Waals surface area contributed by atoms with Crippen LogP contribution in [0.1, 0.15) is 31.1 Å². The molecule has 3 aromatic rings. The Bertz CT molecular complexity index is 1130. The summed E-state index contributed by atoms with van der Waals surface area (Å²) in [6.07, 6.45) is 0. The number of nitrogens with zero attached hydrogens (tertiary/aromatic N) is 1. The first kappa shape index (κ1) is 23.2. The van der Waals surface area contributed by atoms with E-state index in [1.165, 1.54) is 29.6 Å². The van der Waals surface area contributed by atoms with Crippen molar-refractivity contribution in [1.29, 1.82) is 0 Å². The monoisotopic (exact) mass is 484 g/mol. The number of morpholine rings is 1. The number of amides is 1. The Balaban J connectivity index is 1.45. The van der Waals surface area contributed by atoms with Gasteiger partial charge < -0.3 is 19.7 Å². The summed E-state index contributed by atoms with van der Waals surface area (Å²) >= 11 is 2.66. The normalized spacial score (nSPS) is 13.5. The molecule has 0 atom stereocenters. The Morgan fingerprint density at radius 3 is 2.52 bits per heavy atom. The Morgan fingerprint density at radius 1 is 1.03 bits per heavy atom. The van der Waals surface area contributed by atoms with Crippen molar-refractivity contribution < 1.29 is 23.9 Å². The predicted octanol–water partition coefficient (Wildman–Crippen LogP) is 3.99. The van der Waals surface area contributed by atoms with E-state index in [0.29, 0.717) is 29.5 Å². The van der Waals surface area contributed by atoms with Crippen LogP contribution in [0.4, 0.5) is 5.00 Å². The number of esters is 1. The molecule has 1 aromatic carbocycles. The summed E-state index contributed by atoms with van der Waals surface area (Å²) in [7, 11) is 0. The number of carbonyl (C=O) groups excluding carboxylic acids is 3. The van der Waals surface area contributed by atoms with Crippen LogP contribution >= 0.6 is 22.7 Å². The largest absolute Gasteiger partial charge is 0.453 e. The van der Waals surface area contributed by atoms with Crippen molar-refractivity contribution in [2.45, 2.75) is 13.5 Å². The Hall–Kier alpha value is -3.01. The first-order chi connectivity index (χ1) is 16.0. The first-order valence-electron chi connectivity index (χ1n) is 10.6. The lowest BCUT2D eigenvalue weighted by Gasteiger charge is -2.28. The summed E-state index contributed by atoms with van der Waals surface area (Å²) in [6, 6.07) is 15.2. The molecule has 3 heterocycles. The maximum absolute atomic E-state index is 12.8. The van der Waals surface area contributed by atoms with Crippen molar-refractivity contribution in [2.75, 3.05) is 37.8 Å². The zero-order valence-corrected chi connectivity index (χ0v) is 19.8. The molecular weight excluding hydrogens is 460 g/mol. The molecule has 0 bridgehead atoms. The number of ketones is 1. The molecule has 2 aromatic heterocycles. The summed E-state index contributed by atoms with van der Waals surface area (Å²) in [5, 5.41) is 3.70. The van der Waals surface area contributed by atoms with Gasteiger partial charge in [-0.1, -0.05) is 30.3 Å². The van der Waals surface area contributed by atoms with Gasteiger partial charge in [-0.15, -0.1) is 22.7 Å². The third kappa shape index (κ3) is 5.87. The second kappa shape index (κ2) is 10.7. The lowest BCUT2D eigenvalue weighted by molar-refractivity contribution is -0.119. The Labute approximate surface area is 199 Å². The molecule has 0 spiro atoms. The van der Waals surface area contributed by atoms with Gasteiger partial charge in [0.2, 0.25) is 11.7 Å². The number of benzene rings is 1. The van der Waals surface area contributed by atoms with Gasteiger partial charge >= 0.3 is 5.97 Å². The number of Topliss-reactive ketones (excluding diaryl/α,β-unsaturated/α-hetero) is 1. The van der Waals surface area contributed by atoms with Crippen LogP contribution in [0.3, 0.4) is 0 Å². The van der Waals surface area contributed by atoms with E-state index >= 15 is 0 Å². The fourth-order valence-electron chi connectivity index (χ4n) is 3.42. The Morgan fingerprint density at radius 2 is 1.79 bits per heavy atom. The molecule has 0 saturated carbocycles. The summed E-state index contributed by atoms with van der Waals surface area (Å²) in [5.74, 6) is -0.914. The summed E-state index contributed by atoms with van der Waals surface area (Å²) < 4.78 is 10.8. The van der Waals surface area contributed by atoms with Crippen LogP contribution in [0, 0.1) is 0 Å². The zero-order chi connectivity index (χ0) is 23.2. The molecule has 7 nitrogen and oxygen atoms in total. The standard InChI is InChI=1S/C24H24N2O5S2/c1-16(27)25-14-18-7-8-21(32-18)20(28)15-31-24(29)22-13-19(17-5-3-2-4-6-17)23(33-22)26-9-11-30-12-10-26/h2-8,13H,9-12,14-15H2,1H3,(H,25,27). The van der Waals surface area contributed by atoms with Crippen molar-refractivity contribution in [3.05, 3.63) is 63.2 Å². The number of carbonyl (C=O) groups is 3. The number of ether oxygens (including phenoxy) is 2. The lowest BCUT2D eigenvalue weighted by atomic mass is 10.1. The highest BCUT2D eigenvalue weighted by molar-refractivity contribution is 7.18. The van der Waals surface area contributed by atoms with E-state index in [0.717, 1.165) is 34.1 Å². The maximum atomic E-state index is 12.8. The van der Waals surface area contributed by atoms with Gasteiger partial charge in [-0.05, 0) is 23.8 Å². The van der Waals surface area contributed by atoms with Crippen LogP contribution in [0.5, 0.6) is 0 Å². The molecule has 1 fully saturated rings. The summed E-state index contributed by atoms with van der Waals surface area (Å²) in [5.41, 5.74) is 2.00. The fraction of sp³-hybridized carbons (Fsp3) is 0.292. The van der Waals surface area contributed by atoms with Crippen LogP contribution in [-0.4, -0.2) is 50.6 Å². The van der Waals surface area contributed by atoms with Crippen molar-refractivity contribution in [1.82, 2.24) is 5.32 Å². The third-order valence-corrected chi connectivity index (χ3v) is 7.38. The number of rotatable bonds is 8. The zero-order valence-electron chi connectivity index (χ0n) is 18.2. The van der Waals surface area contributed by atoms with Gasteiger partial charge in [0.15, 0.2) is 6.61 Å². The quantitative estimate of drug-likeness (QED) is 0.384. The average molecular weight is 485 g/mol. The molecule has 1 N–H and O–H groups in total. The molecule has 172 valence electrons. The van der Waals surface area contributed by atoms with E-state index in [1.54, 1.807) is 12.1 Å². The van der Waals surface area contributed by atoms with E-state index in [4.69, 9.17) is 9.47 Å². The van der Waals surface area contributed by atoms with Crippen LogP contribution in [0.15, 0.2) is 48.5 Å². The summed E-state index contributed by atoms with van der Waals surface area (Å²) in [4.78, 5) is 40.4.